The van der Waals surface area contributed by atoms with Gasteiger partial charge in [-0.05, 0) is 12.8 Å². The van der Waals surface area contributed by atoms with Crippen LogP contribution in [0.1, 0.15) is 104 Å². The second-order valence-electron chi connectivity index (χ2n) is 8.26. The molecule has 0 aliphatic heterocycles. The molecule has 0 heterocycles. The Morgan fingerprint density at radius 2 is 0.912 bits per heavy atom. The normalized spacial score (nSPS) is 12.5. The van der Waals surface area contributed by atoms with E-state index < -0.39 is 54.5 Å². The molecule has 0 aromatic heterocycles. The third-order valence-electron chi connectivity index (χ3n) is 5.93. The number of carboxylic acid groups (broad SMARTS) is 2. The van der Waals surface area contributed by atoms with Crippen LogP contribution in [0.25, 0.3) is 0 Å². The molecule has 10 nitrogen and oxygen atoms in total. The summed E-state index contributed by atoms with van der Waals surface area (Å²) in [4.78, 5) is 24.2. The Morgan fingerprint density at radius 3 is 1.15 bits per heavy atom. The van der Waals surface area contributed by atoms with Gasteiger partial charge >= 0.3 is 59.1 Å². The Balaban J connectivity index is -0.00000480. The topological polar surface area (TPSA) is 189 Å². The van der Waals surface area contributed by atoms with Gasteiger partial charge in [0.05, 0.1) is 17.4 Å². The Labute approximate surface area is 248 Å². The molecular weight excluding hydrogens is 510 g/mol. The van der Waals surface area contributed by atoms with Crippen LogP contribution >= 0.6 is 0 Å². The zero-order valence-electron chi connectivity index (χ0n) is 20.9. The first kappa shape index (κ1) is 39.3. The van der Waals surface area contributed by atoms with Gasteiger partial charge in [-0.15, -0.1) is 0 Å². The maximum Gasteiger partial charge on any atom is 1.00 e. The predicted molar refractivity (Wildman–Crippen MR) is 114 cm³/mol. The van der Waals surface area contributed by atoms with Crippen LogP contribution < -0.4 is 69.3 Å². The number of hydrogen-bond donors (Lipinski definition) is 2. The van der Waals surface area contributed by atoms with Gasteiger partial charge in [0, 0.05) is 0 Å². The van der Waals surface area contributed by atoms with E-state index >= 15 is 0 Å². The van der Waals surface area contributed by atoms with Crippen LogP contribution in [0.15, 0.2) is 0 Å². The van der Waals surface area contributed by atoms with Crippen LogP contribution in [0.2, 0.25) is 0 Å². The van der Waals surface area contributed by atoms with Crippen LogP contribution in [0.4, 0.5) is 0 Å². The Kier molecular flexibility index (Phi) is 20.9. The average Bonchev–Trinajstić information content (AvgIpc) is 2.64. The maximum atomic E-state index is 12.2. The Bertz CT molecular complexity index is 765. The number of carboxylic acids is 2. The summed E-state index contributed by atoms with van der Waals surface area (Å²) >= 11 is 0. The van der Waals surface area contributed by atoms with E-state index in [9.17, 15) is 45.7 Å². The molecule has 0 amide bonds. The van der Waals surface area contributed by atoms with Gasteiger partial charge in [-0.1, -0.05) is 90.9 Å². The number of hydrogen-bond acceptors (Lipinski definition) is 8. The van der Waals surface area contributed by atoms with Crippen molar-refractivity contribution in [2.45, 2.75) is 108 Å². The smallest absolute Gasteiger partial charge is 0.549 e. The summed E-state index contributed by atoms with van der Waals surface area (Å²) < 4.78 is 63.4. The summed E-state index contributed by atoms with van der Waals surface area (Å²) in [6.07, 6.45) is 5.68. The molecule has 0 aliphatic carbocycles. The second kappa shape index (κ2) is 18.1. The van der Waals surface area contributed by atoms with Crippen molar-refractivity contribution in [3.63, 3.8) is 0 Å². The number of carbonyl (C=O) groups excluding carboxylic acids is 2. The molecule has 0 aromatic rings. The van der Waals surface area contributed by atoms with Crippen LogP contribution in [-0.4, -0.2) is 42.0 Å². The molecule has 2 N–H and O–H groups in total. The van der Waals surface area contributed by atoms with Crippen molar-refractivity contribution in [2.75, 3.05) is 0 Å². The SMILES string of the molecule is CCCCCCCCC(CCCCCCCC)(C(=O)[O-])C(C(=O)[O-])(S(=O)(=O)O)S(=O)(=O)O.[Na+].[Na+]. The van der Waals surface area contributed by atoms with Crippen molar-refractivity contribution in [3.8, 4) is 0 Å². The van der Waals surface area contributed by atoms with E-state index in [2.05, 4.69) is 0 Å². The molecule has 0 spiro atoms. The third kappa shape index (κ3) is 9.90. The molecule has 0 rings (SSSR count). The van der Waals surface area contributed by atoms with Crippen LogP contribution in [-0.2, 0) is 29.8 Å². The summed E-state index contributed by atoms with van der Waals surface area (Å²) in [5.74, 6) is -5.22. The molecule has 0 saturated heterocycles. The first-order valence-electron chi connectivity index (χ1n) is 11.1. The summed E-state index contributed by atoms with van der Waals surface area (Å²) in [5, 5.41) is 24.2. The molecule has 0 saturated carbocycles. The number of rotatable bonds is 19. The quantitative estimate of drug-likeness (QED) is 0.0907. The van der Waals surface area contributed by atoms with Crippen molar-refractivity contribution < 1.29 is 105 Å². The van der Waals surface area contributed by atoms with Gasteiger partial charge in [0.1, 0.15) is 0 Å². The second-order valence-corrected chi connectivity index (χ2v) is 11.6. The third-order valence-corrected chi connectivity index (χ3v) is 9.76. The van der Waals surface area contributed by atoms with Gasteiger partial charge in [-0.3, -0.25) is 9.11 Å². The molecule has 0 unspecified atom stereocenters. The molecule has 0 aliphatic rings. The molecule has 34 heavy (non-hydrogen) atoms. The summed E-state index contributed by atoms with van der Waals surface area (Å²) in [6, 6.07) is 0. The van der Waals surface area contributed by atoms with Crippen molar-refractivity contribution in [2.24, 2.45) is 5.41 Å². The van der Waals surface area contributed by atoms with Gasteiger partial charge < -0.3 is 19.8 Å². The molecule has 0 radical (unpaired) electrons. The first-order chi connectivity index (χ1) is 14.8. The van der Waals surface area contributed by atoms with E-state index in [1.807, 2.05) is 13.8 Å². The van der Waals surface area contributed by atoms with E-state index in [1.165, 1.54) is 0 Å². The van der Waals surface area contributed by atoms with Crippen molar-refractivity contribution >= 4 is 32.2 Å². The molecule has 0 bridgehead atoms. The molecular formula is C20H36Na2O10S2. The van der Waals surface area contributed by atoms with Crippen LogP contribution in [0.3, 0.4) is 0 Å². The zero-order chi connectivity index (χ0) is 25.1. The van der Waals surface area contributed by atoms with Gasteiger partial charge in [0.25, 0.3) is 24.3 Å². The fourth-order valence-corrected chi connectivity index (χ4v) is 7.29. The number of aliphatic carboxylic acids is 2. The number of carbonyl (C=O) groups is 2. The minimum atomic E-state index is -6.21. The first-order valence-corrected chi connectivity index (χ1v) is 14.0. The zero-order valence-corrected chi connectivity index (χ0v) is 26.5. The summed E-state index contributed by atoms with van der Waals surface area (Å²) in [5.41, 5.74) is -3.14. The van der Waals surface area contributed by atoms with Gasteiger partial charge in [-0.25, -0.2) is 0 Å². The molecule has 190 valence electrons. The van der Waals surface area contributed by atoms with Crippen molar-refractivity contribution in [1.82, 2.24) is 0 Å². The van der Waals surface area contributed by atoms with Crippen LogP contribution in [0.5, 0.6) is 0 Å². The van der Waals surface area contributed by atoms with Crippen LogP contribution in [0, 0.1) is 5.41 Å². The van der Waals surface area contributed by atoms with E-state index in [0.29, 0.717) is 25.7 Å². The van der Waals surface area contributed by atoms with Crippen molar-refractivity contribution in [3.05, 3.63) is 0 Å². The molecule has 0 aromatic carbocycles. The minimum Gasteiger partial charge on any atom is -0.549 e. The molecule has 14 heteroatoms. The van der Waals surface area contributed by atoms with E-state index in [0.717, 1.165) is 38.5 Å². The summed E-state index contributed by atoms with van der Waals surface area (Å²) in [6.45, 7) is 3.96. The predicted octanol–water partition coefficient (Wildman–Crippen LogP) is -4.55. The summed E-state index contributed by atoms with van der Waals surface area (Å²) in [7, 11) is -12.4. The Morgan fingerprint density at radius 1 is 0.618 bits per heavy atom. The average molecular weight is 547 g/mol. The minimum absolute atomic E-state index is 0. The number of unbranched alkanes of at least 4 members (excludes halogenated alkanes) is 10. The fraction of sp³-hybridized carbons (Fsp3) is 0.900. The van der Waals surface area contributed by atoms with Gasteiger partial charge in [0.15, 0.2) is 0 Å². The standard InChI is InChI=1S/C20H38O10S2.2Na/c1-3-5-7-9-11-13-15-19(17(21)22,16-14-12-10-8-6-4-2)20(18(23)24,31(25,26)27)32(28,29)30;;/h3-16H2,1-2H3,(H,21,22)(H,23,24)(H,25,26,27)(H,28,29,30);;/q;2*+1/p-2. The maximum absolute atomic E-state index is 12.2. The van der Waals surface area contributed by atoms with E-state index in [-0.39, 0.29) is 72.0 Å². The monoisotopic (exact) mass is 546 g/mol. The van der Waals surface area contributed by atoms with Crippen molar-refractivity contribution in [1.29, 1.82) is 0 Å². The molecule has 0 fully saturated rings. The van der Waals surface area contributed by atoms with Gasteiger partial charge in [-0.2, -0.15) is 16.8 Å². The van der Waals surface area contributed by atoms with Gasteiger partial charge in [0.2, 0.25) is 0 Å². The van der Waals surface area contributed by atoms with E-state index in [4.69, 9.17) is 0 Å². The largest absolute Gasteiger partial charge is 1.00 e. The Hall–Kier alpha value is 0.760. The fourth-order valence-electron chi connectivity index (χ4n) is 4.24. The molecule has 0 atom stereocenters. The van der Waals surface area contributed by atoms with E-state index in [1.54, 1.807) is 0 Å².